The van der Waals surface area contributed by atoms with Crippen LogP contribution in [0, 0.1) is 0 Å². The molecule has 3 N–H and O–H groups in total. The highest BCUT2D eigenvalue weighted by Crippen LogP contribution is 2.24. The van der Waals surface area contributed by atoms with Crippen LogP contribution < -0.4 is 5.56 Å². The van der Waals surface area contributed by atoms with E-state index in [0.717, 1.165) is 12.5 Å². The van der Waals surface area contributed by atoms with Gasteiger partial charge in [-0.3, -0.25) is 4.79 Å². The summed E-state index contributed by atoms with van der Waals surface area (Å²) in [5.74, 6) is -0.532. The number of aromatic nitrogens is 2. The first kappa shape index (κ1) is 8.30. The van der Waals surface area contributed by atoms with Crippen molar-refractivity contribution in [3.05, 3.63) is 22.4 Å². The first-order valence-corrected chi connectivity index (χ1v) is 3.60. The van der Waals surface area contributed by atoms with Gasteiger partial charge in [0, 0.05) is 0 Å². The lowest BCUT2D eigenvalue weighted by atomic mass is 10.3. The number of furan rings is 1. The number of fused-ring (bicyclic) bond motifs is 1. The minimum atomic E-state index is -0.485. The second kappa shape index (κ2) is 2.87. The highest BCUT2D eigenvalue weighted by molar-refractivity contribution is 5.97. The molecule has 0 spiro atoms. The van der Waals surface area contributed by atoms with Crippen LogP contribution in [-0.2, 0) is 0 Å². The van der Waals surface area contributed by atoms with Crippen molar-refractivity contribution >= 4 is 17.1 Å². The Morgan fingerprint density at radius 2 is 2.43 bits per heavy atom. The first-order valence-electron chi connectivity index (χ1n) is 3.60. The van der Waals surface area contributed by atoms with Crippen LogP contribution in [0.25, 0.3) is 10.9 Å². The van der Waals surface area contributed by atoms with Crippen LogP contribution >= 0.6 is 0 Å². The number of hydrogen-bond acceptors (Lipinski definition) is 6. The Labute approximate surface area is 76.3 Å². The Morgan fingerprint density at radius 1 is 1.64 bits per heavy atom. The summed E-state index contributed by atoms with van der Waals surface area (Å²) >= 11 is 0. The van der Waals surface area contributed by atoms with Gasteiger partial charge in [-0.1, -0.05) is 5.16 Å². The molecular weight excluding hydrogens is 190 g/mol. The van der Waals surface area contributed by atoms with E-state index in [4.69, 9.17) is 9.62 Å². The quantitative estimate of drug-likeness (QED) is 0.337. The fourth-order valence-corrected chi connectivity index (χ4v) is 1.14. The van der Waals surface area contributed by atoms with Gasteiger partial charge in [0.25, 0.3) is 5.56 Å². The van der Waals surface area contributed by atoms with E-state index < -0.39 is 11.5 Å². The molecule has 0 amide bonds. The lowest BCUT2D eigenvalue weighted by Crippen LogP contribution is -2.06. The summed E-state index contributed by atoms with van der Waals surface area (Å²) in [5, 5.41) is 20.2. The molecule has 0 unspecified atom stereocenters. The highest BCUT2D eigenvalue weighted by atomic mass is 16.5. The van der Waals surface area contributed by atoms with Crippen LogP contribution in [-0.4, -0.2) is 26.5 Å². The topological polar surface area (TPSA) is 112 Å². The van der Waals surface area contributed by atoms with Crippen LogP contribution in [0.3, 0.4) is 0 Å². The number of nitrogens with one attached hydrogen (secondary N) is 1. The van der Waals surface area contributed by atoms with E-state index in [0.29, 0.717) is 0 Å². The Kier molecular flexibility index (Phi) is 1.70. The number of hydrogen-bond donors (Lipinski definition) is 3. The smallest absolute Gasteiger partial charge is 0.310 e. The number of oxime groups is 1. The number of rotatable bonds is 1. The Bertz CT molecular complexity index is 554. The third-order valence-corrected chi connectivity index (χ3v) is 1.68. The number of H-pyrrole nitrogens is 1. The molecule has 2 aromatic heterocycles. The fraction of sp³-hybridized carbons (Fsp3) is 0. The van der Waals surface area contributed by atoms with Crippen molar-refractivity contribution in [1.29, 1.82) is 0 Å². The Balaban J connectivity index is 2.93. The van der Waals surface area contributed by atoms with Crippen molar-refractivity contribution in [3.8, 4) is 5.95 Å². The van der Waals surface area contributed by atoms with E-state index in [2.05, 4.69) is 15.1 Å². The second-order valence-corrected chi connectivity index (χ2v) is 2.47. The van der Waals surface area contributed by atoms with E-state index in [1.165, 1.54) is 0 Å². The van der Waals surface area contributed by atoms with Crippen molar-refractivity contribution in [1.82, 2.24) is 9.97 Å². The number of aromatic amines is 1. The zero-order chi connectivity index (χ0) is 10.1. The van der Waals surface area contributed by atoms with E-state index >= 15 is 0 Å². The Hall–Kier alpha value is -2.31. The average Bonchev–Trinajstić information content (AvgIpc) is 2.46. The molecular formula is C7H5N3O4. The SMILES string of the molecule is O=c1[nH]cnc2c(O)oc(/C=N/O)c12. The van der Waals surface area contributed by atoms with Gasteiger partial charge < -0.3 is 19.7 Å². The van der Waals surface area contributed by atoms with E-state index in [1.807, 2.05) is 0 Å². The van der Waals surface area contributed by atoms with Crippen molar-refractivity contribution in [2.24, 2.45) is 5.16 Å². The minimum Gasteiger partial charge on any atom is -0.479 e. The monoisotopic (exact) mass is 195 g/mol. The summed E-state index contributed by atoms with van der Waals surface area (Å²) in [6, 6.07) is 0. The van der Waals surface area contributed by atoms with Gasteiger partial charge in [-0.25, -0.2) is 4.98 Å². The summed E-state index contributed by atoms with van der Waals surface area (Å²) < 4.78 is 4.75. The molecule has 0 radical (unpaired) electrons. The van der Waals surface area contributed by atoms with Gasteiger partial charge in [0.2, 0.25) is 0 Å². The number of nitrogens with zero attached hydrogens (tertiary/aromatic N) is 2. The molecule has 72 valence electrons. The van der Waals surface area contributed by atoms with Gasteiger partial charge in [-0.15, -0.1) is 0 Å². The van der Waals surface area contributed by atoms with Crippen LogP contribution in [0.2, 0.25) is 0 Å². The molecule has 14 heavy (non-hydrogen) atoms. The molecule has 0 aliphatic heterocycles. The van der Waals surface area contributed by atoms with E-state index in [-0.39, 0.29) is 16.7 Å². The zero-order valence-electron chi connectivity index (χ0n) is 6.76. The lowest BCUT2D eigenvalue weighted by Gasteiger charge is -1.85. The molecule has 0 aliphatic carbocycles. The maximum atomic E-state index is 11.3. The third kappa shape index (κ3) is 1.03. The van der Waals surface area contributed by atoms with Gasteiger partial charge in [-0.2, -0.15) is 0 Å². The maximum Gasteiger partial charge on any atom is 0.310 e. The molecule has 7 heteroatoms. The molecule has 0 bridgehead atoms. The highest BCUT2D eigenvalue weighted by Gasteiger charge is 2.15. The van der Waals surface area contributed by atoms with Gasteiger partial charge >= 0.3 is 5.95 Å². The molecule has 7 nitrogen and oxygen atoms in total. The molecule has 0 aromatic carbocycles. The normalized spacial score (nSPS) is 11.4. The number of aromatic hydroxyl groups is 1. The second-order valence-electron chi connectivity index (χ2n) is 2.47. The van der Waals surface area contributed by atoms with E-state index in [1.54, 1.807) is 0 Å². The van der Waals surface area contributed by atoms with Crippen LogP contribution in [0.5, 0.6) is 5.95 Å². The van der Waals surface area contributed by atoms with E-state index in [9.17, 15) is 9.90 Å². The van der Waals surface area contributed by atoms with Crippen molar-refractivity contribution in [3.63, 3.8) is 0 Å². The van der Waals surface area contributed by atoms with Crippen molar-refractivity contribution in [2.75, 3.05) is 0 Å². The van der Waals surface area contributed by atoms with Gasteiger partial charge in [0.05, 0.1) is 6.33 Å². The maximum absolute atomic E-state index is 11.3. The molecule has 2 heterocycles. The first-order chi connectivity index (χ1) is 6.74. The summed E-state index contributed by atoms with van der Waals surface area (Å²) in [6.45, 7) is 0. The predicted molar refractivity (Wildman–Crippen MR) is 45.7 cm³/mol. The van der Waals surface area contributed by atoms with Crippen molar-refractivity contribution < 1.29 is 14.7 Å². The fourth-order valence-electron chi connectivity index (χ4n) is 1.14. The molecule has 0 atom stereocenters. The molecule has 0 saturated carbocycles. The molecule has 0 saturated heterocycles. The predicted octanol–water partition coefficient (Wildman–Crippen LogP) is 0.0298. The Morgan fingerprint density at radius 3 is 3.14 bits per heavy atom. The summed E-state index contributed by atoms with van der Waals surface area (Å²) in [7, 11) is 0. The van der Waals surface area contributed by atoms with Crippen LogP contribution in [0.15, 0.2) is 20.7 Å². The van der Waals surface area contributed by atoms with Gasteiger partial charge in [0.1, 0.15) is 11.6 Å². The van der Waals surface area contributed by atoms with Crippen LogP contribution in [0.1, 0.15) is 5.76 Å². The summed E-state index contributed by atoms with van der Waals surface area (Å²) in [4.78, 5) is 17.3. The van der Waals surface area contributed by atoms with Crippen molar-refractivity contribution in [2.45, 2.75) is 0 Å². The van der Waals surface area contributed by atoms with Crippen LogP contribution in [0.4, 0.5) is 0 Å². The standard InChI is InChI=1S/C7H5N3O4/c11-6-4-3(1-10-13)14-7(12)5(4)8-2-9-6/h1-2,12-13H,(H,8,9,11)/b10-1+. The molecule has 0 aliphatic rings. The zero-order valence-corrected chi connectivity index (χ0v) is 6.76. The summed E-state index contributed by atoms with van der Waals surface area (Å²) in [6.07, 6.45) is 2.04. The molecule has 2 rings (SSSR count). The van der Waals surface area contributed by atoms with Gasteiger partial charge in [-0.05, 0) is 0 Å². The summed E-state index contributed by atoms with van der Waals surface area (Å²) in [5.41, 5.74) is -0.447. The largest absolute Gasteiger partial charge is 0.479 e. The molecule has 0 fully saturated rings. The minimum absolute atomic E-state index is 0.0312. The lowest BCUT2D eigenvalue weighted by molar-refractivity contribution is 0.316. The molecule has 2 aromatic rings. The van der Waals surface area contributed by atoms with Gasteiger partial charge in [0.15, 0.2) is 11.3 Å². The third-order valence-electron chi connectivity index (χ3n) is 1.68. The average molecular weight is 195 g/mol.